The number of aryl methyl sites for hydroxylation is 1. The summed E-state index contributed by atoms with van der Waals surface area (Å²) >= 11 is 0. The molecule has 144 valence electrons. The average Bonchev–Trinajstić information content (AvgIpc) is 3.20. The van der Waals surface area contributed by atoms with Crippen LogP contribution in [-0.4, -0.2) is 29.2 Å². The molecule has 0 bridgehead atoms. The molecule has 0 atom stereocenters. The summed E-state index contributed by atoms with van der Waals surface area (Å²) in [5, 5.41) is 4.01. The Kier molecular flexibility index (Phi) is 5.07. The van der Waals surface area contributed by atoms with Gasteiger partial charge in [0.15, 0.2) is 0 Å². The van der Waals surface area contributed by atoms with E-state index in [-0.39, 0.29) is 5.91 Å². The lowest BCUT2D eigenvalue weighted by molar-refractivity contribution is 0.0955. The monoisotopic (exact) mass is 384 g/mol. The van der Waals surface area contributed by atoms with Crippen molar-refractivity contribution >= 4 is 23.2 Å². The van der Waals surface area contributed by atoms with Crippen LogP contribution in [-0.2, 0) is 0 Å². The number of amides is 1. The molecule has 6 heteroatoms. The largest absolute Gasteiger partial charge is 0.497 e. The molecule has 6 nitrogen and oxygen atoms in total. The Hall–Kier alpha value is -3.93. The molecule has 2 N–H and O–H groups in total. The predicted octanol–water partition coefficient (Wildman–Crippen LogP) is 4.31. The van der Waals surface area contributed by atoms with E-state index in [0.717, 1.165) is 39.3 Å². The first kappa shape index (κ1) is 18.4. The highest BCUT2D eigenvalue weighted by atomic mass is 16.5. The molecule has 0 saturated heterocycles. The van der Waals surface area contributed by atoms with Gasteiger partial charge in [-0.05, 0) is 48.4 Å². The molecule has 3 aromatic carbocycles. The zero-order valence-electron chi connectivity index (χ0n) is 16.1. The number of aromatic nitrogens is 2. The second kappa shape index (κ2) is 7.98. The zero-order chi connectivity index (χ0) is 20.2. The number of benzene rings is 3. The van der Waals surface area contributed by atoms with Gasteiger partial charge in [-0.25, -0.2) is 10.4 Å². The molecule has 0 radical (unpaired) electrons. The number of rotatable bonds is 5. The number of ether oxygens (including phenoxy) is 1. The van der Waals surface area contributed by atoms with Gasteiger partial charge in [0, 0.05) is 11.1 Å². The summed E-state index contributed by atoms with van der Waals surface area (Å²) in [7, 11) is 1.61. The number of methoxy groups -OCH3 is 1. The summed E-state index contributed by atoms with van der Waals surface area (Å²) in [6, 6.07) is 20.7. The minimum atomic E-state index is -0.281. The maximum Gasteiger partial charge on any atom is 0.271 e. The number of H-pyrrole nitrogens is 1. The van der Waals surface area contributed by atoms with E-state index in [1.54, 1.807) is 25.5 Å². The Morgan fingerprint density at radius 2 is 1.90 bits per heavy atom. The number of nitrogens with zero attached hydrogens (tertiary/aromatic N) is 2. The summed E-state index contributed by atoms with van der Waals surface area (Å²) in [4.78, 5) is 20.3. The van der Waals surface area contributed by atoms with E-state index in [2.05, 4.69) is 20.5 Å². The molecule has 0 fully saturated rings. The molecular formula is C23H20N4O2. The van der Waals surface area contributed by atoms with Crippen molar-refractivity contribution in [3.05, 3.63) is 83.4 Å². The van der Waals surface area contributed by atoms with Crippen LogP contribution in [0, 0.1) is 6.92 Å². The van der Waals surface area contributed by atoms with Crippen molar-refractivity contribution < 1.29 is 9.53 Å². The molecule has 0 unspecified atom stereocenters. The lowest BCUT2D eigenvalue weighted by Gasteiger charge is -2.02. The molecule has 1 amide bonds. The van der Waals surface area contributed by atoms with Gasteiger partial charge in [0.25, 0.3) is 5.91 Å². The molecule has 0 saturated carbocycles. The van der Waals surface area contributed by atoms with Gasteiger partial charge in [-0.3, -0.25) is 4.79 Å². The fourth-order valence-electron chi connectivity index (χ4n) is 3.04. The number of hydrogen-bond donors (Lipinski definition) is 2. The molecular weight excluding hydrogens is 364 g/mol. The predicted molar refractivity (Wildman–Crippen MR) is 114 cm³/mol. The summed E-state index contributed by atoms with van der Waals surface area (Å²) in [5.74, 6) is 1.23. The number of carbonyl (C=O) groups excluding carboxylic acids is 1. The van der Waals surface area contributed by atoms with E-state index >= 15 is 0 Å². The number of hydrazone groups is 1. The highest BCUT2D eigenvalue weighted by Crippen LogP contribution is 2.22. The van der Waals surface area contributed by atoms with Crippen LogP contribution in [0.4, 0.5) is 0 Å². The number of para-hydroxylation sites is 1. The number of nitrogens with one attached hydrogen (secondary N) is 2. The number of aromatic amines is 1. The van der Waals surface area contributed by atoms with Crippen molar-refractivity contribution in [1.82, 2.24) is 15.4 Å². The Morgan fingerprint density at radius 1 is 1.10 bits per heavy atom. The molecule has 1 heterocycles. The number of imidazole rings is 1. The average molecular weight is 384 g/mol. The summed E-state index contributed by atoms with van der Waals surface area (Å²) in [6.07, 6.45) is 1.57. The van der Waals surface area contributed by atoms with E-state index < -0.39 is 0 Å². The van der Waals surface area contributed by atoms with Crippen LogP contribution in [0.25, 0.3) is 22.4 Å². The van der Waals surface area contributed by atoms with Gasteiger partial charge < -0.3 is 9.72 Å². The summed E-state index contributed by atoms with van der Waals surface area (Å²) in [6.45, 7) is 2.03. The van der Waals surface area contributed by atoms with Crippen LogP contribution in [0.2, 0.25) is 0 Å². The van der Waals surface area contributed by atoms with Crippen LogP contribution in [0.15, 0.2) is 71.8 Å². The third kappa shape index (κ3) is 4.01. The van der Waals surface area contributed by atoms with E-state index in [4.69, 9.17) is 4.74 Å². The Labute approximate surface area is 168 Å². The van der Waals surface area contributed by atoms with Crippen molar-refractivity contribution in [2.24, 2.45) is 5.10 Å². The van der Waals surface area contributed by atoms with Crippen molar-refractivity contribution in [2.45, 2.75) is 6.92 Å². The van der Waals surface area contributed by atoms with Crippen molar-refractivity contribution in [1.29, 1.82) is 0 Å². The SMILES string of the molecule is COc1cccc(/C=N/NC(=O)c2ccc(-c3nc4c(C)cccc4[nH]3)cc2)c1. The Balaban J connectivity index is 1.46. The van der Waals surface area contributed by atoms with Gasteiger partial charge in [-0.15, -0.1) is 0 Å². The lowest BCUT2D eigenvalue weighted by atomic mass is 10.1. The minimum Gasteiger partial charge on any atom is -0.497 e. The lowest BCUT2D eigenvalue weighted by Crippen LogP contribution is -2.17. The van der Waals surface area contributed by atoms with Crippen LogP contribution in [0.3, 0.4) is 0 Å². The molecule has 0 aliphatic rings. The van der Waals surface area contributed by atoms with Crippen LogP contribution in [0.1, 0.15) is 21.5 Å². The van der Waals surface area contributed by atoms with Crippen molar-refractivity contribution in [2.75, 3.05) is 7.11 Å². The first-order valence-corrected chi connectivity index (χ1v) is 9.17. The fraction of sp³-hybridized carbons (Fsp3) is 0.0870. The fourth-order valence-corrected chi connectivity index (χ4v) is 3.04. The number of fused-ring (bicyclic) bond motifs is 1. The third-order valence-corrected chi connectivity index (χ3v) is 4.61. The standard InChI is InChI=1S/C23H20N4O2/c1-15-5-3-8-20-21(15)26-22(25-20)17-9-11-18(12-10-17)23(28)27-24-14-16-6-4-7-19(13-16)29-2/h3-14H,1-2H3,(H,25,26)(H,27,28)/b24-14+. The van der Waals surface area contributed by atoms with Crippen LogP contribution < -0.4 is 10.2 Å². The Morgan fingerprint density at radius 3 is 2.66 bits per heavy atom. The van der Waals surface area contributed by atoms with Gasteiger partial charge in [0.05, 0.1) is 24.4 Å². The smallest absolute Gasteiger partial charge is 0.271 e. The normalized spacial score (nSPS) is 11.1. The van der Waals surface area contributed by atoms with Crippen LogP contribution in [0.5, 0.6) is 5.75 Å². The summed E-state index contributed by atoms with van der Waals surface area (Å²) < 4.78 is 5.17. The highest BCUT2D eigenvalue weighted by molar-refractivity contribution is 5.95. The quantitative estimate of drug-likeness (QED) is 0.397. The molecule has 4 aromatic rings. The van der Waals surface area contributed by atoms with E-state index in [1.165, 1.54) is 0 Å². The van der Waals surface area contributed by atoms with Gasteiger partial charge in [0.2, 0.25) is 0 Å². The maximum absolute atomic E-state index is 12.3. The molecule has 4 rings (SSSR count). The van der Waals surface area contributed by atoms with E-state index in [1.807, 2.05) is 61.5 Å². The van der Waals surface area contributed by atoms with Gasteiger partial charge >= 0.3 is 0 Å². The van der Waals surface area contributed by atoms with Crippen molar-refractivity contribution in [3.8, 4) is 17.1 Å². The van der Waals surface area contributed by atoms with Gasteiger partial charge in [0.1, 0.15) is 11.6 Å². The van der Waals surface area contributed by atoms with Gasteiger partial charge in [-0.1, -0.05) is 36.4 Å². The van der Waals surface area contributed by atoms with Crippen molar-refractivity contribution in [3.63, 3.8) is 0 Å². The van der Waals surface area contributed by atoms with Crippen LogP contribution >= 0.6 is 0 Å². The third-order valence-electron chi connectivity index (χ3n) is 4.61. The molecule has 0 spiro atoms. The van der Waals surface area contributed by atoms with E-state index in [0.29, 0.717) is 5.56 Å². The molecule has 29 heavy (non-hydrogen) atoms. The summed E-state index contributed by atoms with van der Waals surface area (Å²) in [5.41, 5.74) is 7.87. The van der Waals surface area contributed by atoms with Gasteiger partial charge in [-0.2, -0.15) is 5.10 Å². The Bertz CT molecular complexity index is 1190. The van der Waals surface area contributed by atoms with E-state index in [9.17, 15) is 4.79 Å². The molecule has 0 aliphatic carbocycles. The first-order valence-electron chi connectivity index (χ1n) is 9.17. The zero-order valence-corrected chi connectivity index (χ0v) is 16.1. The first-order chi connectivity index (χ1) is 14.1. The second-order valence-electron chi connectivity index (χ2n) is 6.61. The number of hydrogen-bond acceptors (Lipinski definition) is 4. The molecule has 1 aromatic heterocycles. The topological polar surface area (TPSA) is 79.4 Å². The number of carbonyl (C=O) groups is 1. The maximum atomic E-state index is 12.3. The minimum absolute atomic E-state index is 0.281. The second-order valence-corrected chi connectivity index (χ2v) is 6.61. The highest BCUT2D eigenvalue weighted by Gasteiger charge is 2.09. The molecule has 0 aliphatic heterocycles.